The van der Waals surface area contributed by atoms with E-state index in [1.807, 2.05) is 32.0 Å². The molecule has 0 aliphatic heterocycles. The molecule has 7 heteroatoms. The Morgan fingerprint density at radius 3 is 2.19 bits per heavy atom. The van der Waals surface area contributed by atoms with Gasteiger partial charge in [-0.15, -0.1) is 0 Å². The second-order valence-corrected chi connectivity index (χ2v) is 7.05. The van der Waals surface area contributed by atoms with Crippen LogP contribution in [0.2, 0.25) is 0 Å². The summed E-state index contributed by atoms with van der Waals surface area (Å²) < 4.78 is 18.3. The topological polar surface area (TPSA) is 94.7 Å². The zero-order chi connectivity index (χ0) is 19.7. The number of nitrogens with one attached hydrogen (secondary N) is 3. The molecule has 0 aliphatic carbocycles. The van der Waals surface area contributed by atoms with Crippen LogP contribution < -0.4 is 11.4 Å². The maximum absolute atomic E-state index is 13.4. The Bertz CT molecular complexity index is 1190. The van der Waals surface area contributed by atoms with Gasteiger partial charge in [-0.05, 0) is 41.7 Å². The lowest BCUT2D eigenvalue weighted by Gasteiger charge is -2.05. The van der Waals surface area contributed by atoms with Gasteiger partial charge in [0.25, 0.3) is 0 Å². The molecular weight excluding hydrogens is 349 g/mol. The standard InChI is InChI=1S/C10H10FNO2.C10H12N2O/c1-5(2)8-6(11)3-4-7-9(8)14-10(13)12-7;1-6(2)7-3-4-8-9(5-7)12-10(13)11-8/h3-5H,1-2H3,(H,12,13);3-6H,1-2H3,(H2,11,12,13). The summed E-state index contributed by atoms with van der Waals surface area (Å²) in [6, 6.07) is 8.82. The summed E-state index contributed by atoms with van der Waals surface area (Å²) in [5.41, 5.74) is 4.16. The lowest BCUT2D eigenvalue weighted by atomic mass is 10.0. The summed E-state index contributed by atoms with van der Waals surface area (Å²) in [6.45, 7) is 7.97. The van der Waals surface area contributed by atoms with Gasteiger partial charge >= 0.3 is 11.4 Å². The van der Waals surface area contributed by atoms with Crippen molar-refractivity contribution in [2.24, 2.45) is 0 Å². The van der Waals surface area contributed by atoms with E-state index in [4.69, 9.17) is 4.42 Å². The Hall–Kier alpha value is -3.09. The molecule has 27 heavy (non-hydrogen) atoms. The van der Waals surface area contributed by atoms with Crippen molar-refractivity contribution in [2.45, 2.75) is 39.5 Å². The normalized spacial score (nSPS) is 11.4. The van der Waals surface area contributed by atoms with Crippen molar-refractivity contribution in [3.8, 4) is 0 Å². The van der Waals surface area contributed by atoms with E-state index in [-0.39, 0.29) is 17.4 Å². The minimum Gasteiger partial charge on any atom is -0.407 e. The first-order valence-corrected chi connectivity index (χ1v) is 8.79. The molecular formula is C20H22FN3O3. The number of H-pyrrole nitrogens is 3. The van der Waals surface area contributed by atoms with Crippen LogP contribution in [0.25, 0.3) is 22.1 Å². The molecule has 0 saturated heterocycles. The van der Waals surface area contributed by atoms with E-state index < -0.39 is 5.76 Å². The molecule has 0 bridgehead atoms. The second-order valence-electron chi connectivity index (χ2n) is 7.05. The van der Waals surface area contributed by atoms with Crippen LogP contribution >= 0.6 is 0 Å². The number of oxazole rings is 1. The summed E-state index contributed by atoms with van der Waals surface area (Å²) in [4.78, 5) is 29.8. The molecule has 0 aliphatic rings. The van der Waals surface area contributed by atoms with Crippen molar-refractivity contribution in [2.75, 3.05) is 0 Å². The molecule has 0 amide bonds. The predicted octanol–water partition coefficient (Wildman–Crippen LogP) is 4.36. The summed E-state index contributed by atoms with van der Waals surface area (Å²) in [5, 5.41) is 0. The van der Waals surface area contributed by atoms with Gasteiger partial charge in [0.2, 0.25) is 0 Å². The largest absolute Gasteiger partial charge is 0.417 e. The zero-order valence-electron chi connectivity index (χ0n) is 15.6. The highest BCUT2D eigenvalue weighted by Gasteiger charge is 2.15. The fraction of sp³-hybridized carbons (Fsp3) is 0.300. The molecule has 4 aromatic rings. The first-order chi connectivity index (χ1) is 12.8. The van der Waals surface area contributed by atoms with Gasteiger partial charge in [0, 0.05) is 5.56 Å². The van der Waals surface area contributed by atoms with Gasteiger partial charge in [-0.2, -0.15) is 0 Å². The molecule has 0 radical (unpaired) electrons. The molecule has 2 heterocycles. The Kier molecular flexibility index (Phi) is 5.03. The molecule has 0 atom stereocenters. The van der Waals surface area contributed by atoms with E-state index >= 15 is 0 Å². The first-order valence-electron chi connectivity index (χ1n) is 8.79. The van der Waals surface area contributed by atoms with E-state index in [2.05, 4.69) is 28.8 Å². The van der Waals surface area contributed by atoms with Crippen LogP contribution in [0.1, 0.15) is 50.7 Å². The Morgan fingerprint density at radius 2 is 1.52 bits per heavy atom. The third-order valence-corrected chi connectivity index (χ3v) is 4.36. The monoisotopic (exact) mass is 371 g/mol. The minimum atomic E-state index is -0.549. The number of benzene rings is 2. The van der Waals surface area contributed by atoms with Crippen LogP contribution in [0.5, 0.6) is 0 Å². The molecule has 0 spiro atoms. The van der Waals surface area contributed by atoms with E-state index in [0.29, 0.717) is 22.6 Å². The fourth-order valence-electron chi connectivity index (χ4n) is 2.96. The molecule has 0 saturated carbocycles. The third kappa shape index (κ3) is 3.86. The van der Waals surface area contributed by atoms with Crippen molar-refractivity contribution in [1.82, 2.24) is 15.0 Å². The summed E-state index contributed by atoms with van der Waals surface area (Å²) in [5.74, 6) is -0.414. The van der Waals surface area contributed by atoms with Crippen LogP contribution in [0.4, 0.5) is 4.39 Å². The highest BCUT2D eigenvalue weighted by Crippen LogP contribution is 2.26. The number of hydrogen-bond acceptors (Lipinski definition) is 3. The lowest BCUT2D eigenvalue weighted by Crippen LogP contribution is -1.99. The SMILES string of the molecule is CC(C)c1c(F)ccc2[nH]c(=O)oc12.CC(C)c1ccc2[nH]c(=O)[nH]c2c1. The number of fused-ring (bicyclic) bond motifs is 2. The van der Waals surface area contributed by atoms with Crippen molar-refractivity contribution in [1.29, 1.82) is 0 Å². The van der Waals surface area contributed by atoms with Gasteiger partial charge in [-0.3, -0.25) is 4.98 Å². The summed E-state index contributed by atoms with van der Waals surface area (Å²) >= 11 is 0. The van der Waals surface area contributed by atoms with Gasteiger partial charge < -0.3 is 14.4 Å². The Balaban J connectivity index is 0.000000156. The van der Waals surface area contributed by atoms with Crippen molar-refractivity contribution in [3.05, 3.63) is 68.3 Å². The molecule has 2 aromatic heterocycles. The van der Waals surface area contributed by atoms with E-state index in [0.717, 1.165) is 11.0 Å². The van der Waals surface area contributed by atoms with E-state index in [1.54, 1.807) is 0 Å². The van der Waals surface area contributed by atoms with Crippen LogP contribution in [-0.2, 0) is 0 Å². The molecule has 0 unspecified atom stereocenters. The highest BCUT2D eigenvalue weighted by atomic mass is 19.1. The van der Waals surface area contributed by atoms with Gasteiger partial charge in [-0.1, -0.05) is 33.8 Å². The Morgan fingerprint density at radius 1 is 0.852 bits per heavy atom. The molecule has 142 valence electrons. The third-order valence-electron chi connectivity index (χ3n) is 4.36. The number of halogens is 1. The van der Waals surface area contributed by atoms with Crippen molar-refractivity contribution in [3.63, 3.8) is 0 Å². The first kappa shape index (κ1) is 18.7. The number of hydrogen-bond donors (Lipinski definition) is 3. The average Bonchev–Trinajstić information content (AvgIpc) is 3.14. The van der Waals surface area contributed by atoms with Gasteiger partial charge in [-0.25, -0.2) is 14.0 Å². The molecule has 6 nitrogen and oxygen atoms in total. The molecule has 0 fully saturated rings. The molecule has 2 aromatic carbocycles. The highest BCUT2D eigenvalue weighted by molar-refractivity contribution is 5.76. The maximum Gasteiger partial charge on any atom is 0.417 e. The van der Waals surface area contributed by atoms with Crippen LogP contribution in [0.15, 0.2) is 44.3 Å². The number of aromatic nitrogens is 3. The predicted molar refractivity (Wildman–Crippen MR) is 104 cm³/mol. The van der Waals surface area contributed by atoms with Crippen LogP contribution in [-0.4, -0.2) is 15.0 Å². The Labute approximate surface area is 154 Å². The molecule has 4 rings (SSSR count). The summed E-state index contributed by atoms with van der Waals surface area (Å²) in [6.07, 6.45) is 0. The summed E-state index contributed by atoms with van der Waals surface area (Å²) in [7, 11) is 0. The van der Waals surface area contributed by atoms with Gasteiger partial charge in [0.05, 0.1) is 16.6 Å². The van der Waals surface area contributed by atoms with Gasteiger partial charge in [0.1, 0.15) is 5.82 Å². The van der Waals surface area contributed by atoms with Crippen molar-refractivity contribution < 1.29 is 8.81 Å². The van der Waals surface area contributed by atoms with Crippen molar-refractivity contribution >= 4 is 22.1 Å². The van der Waals surface area contributed by atoms with E-state index in [9.17, 15) is 14.0 Å². The number of aromatic amines is 3. The maximum atomic E-state index is 13.4. The fourth-order valence-corrected chi connectivity index (χ4v) is 2.96. The van der Waals surface area contributed by atoms with Crippen LogP contribution in [0, 0.1) is 5.82 Å². The smallest absolute Gasteiger partial charge is 0.407 e. The van der Waals surface area contributed by atoms with Gasteiger partial charge in [0.15, 0.2) is 5.58 Å². The van der Waals surface area contributed by atoms with Crippen LogP contribution in [0.3, 0.4) is 0 Å². The molecule has 3 N–H and O–H groups in total. The lowest BCUT2D eigenvalue weighted by molar-refractivity contribution is 0.538. The quantitative estimate of drug-likeness (QED) is 0.488. The number of rotatable bonds is 2. The second kappa shape index (κ2) is 7.26. The zero-order valence-corrected chi connectivity index (χ0v) is 15.6. The number of imidazole rings is 1. The minimum absolute atomic E-state index is 0.0161. The van der Waals surface area contributed by atoms with E-state index in [1.165, 1.54) is 17.7 Å². The average molecular weight is 371 g/mol.